The average Bonchev–Trinajstić information content (AvgIpc) is 2.76. The minimum absolute atomic E-state index is 0.0132. The summed E-state index contributed by atoms with van der Waals surface area (Å²) in [7, 11) is 0. The molecule has 2 atom stereocenters. The van der Waals surface area contributed by atoms with Crippen molar-refractivity contribution in [1.29, 1.82) is 0 Å². The quantitative estimate of drug-likeness (QED) is 0.212. The molecule has 0 radical (unpaired) electrons. The number of hydroxylamine groups is 1. The highest BCUT2D eigenvalue weighted by Crippen LogP contribution is 2.24. The standard InChI is InChI=1S/C21H33N3O5/c1-2-28-15-29-14-19(23-20(25)17-8-4-3-5-9-17)12-18(21(26)24-27)11-16-7-6-10-22-13-16/h6-7,10,13,17-19,27H,2-5,8-9,11-12,14-15H2,1H3,(H,23,25)(H,24,26). The summed E-state index contributed by atoms with van der Waals surface area (Å²) in [6.07, 6.45) is 9.21. The summed E-state index contributed by atoms with van der Waals surface area (Å²) in [4.78, 5) is 29.1. The Morgan fingerprint density at radius 1 is 1.28 bits per heavy atom. The summed E-state index contributed by atoms with van der Waals surface area (Å²) >= 11 is 0. The fourth-order valence-corrected chi connectivity index (χ4v) is 3.71. The zero-order chi connectivity index (χ0) is 20.9. The third-order valence-corrected chi connectivity index (χ3v) is 5.27. The minimum atomic E-state index is -0.531. The molecule has 1 aromatic heterocycles. The maximum Gasteiger partial charge on any atom is 0.246 e. The number of nitrogens with one attached hydrogen (secondary N) is 2. The first-order valence-electron chi connectivity index (χ1n) is 10.4. The molecule has 1 aliphatic carbocycles. The fourth-order valence-electron chi connectivity index (χ4n) is 3.71. The van der Waals surface area contributed by atoms with Gasteiger partial charge in [0.05, 0.1) is 12.6 Å². The zero-order valence-electron chi connectivity index (χ0n) is 17.1. The molecule has 0 bridgehead atoms. The van der Waals surface area contributed by atoms with Gasteiger partial charge < -0.3 is 14.8 Å². The van der Waals surface area contributed by atoms with Crippen LogP contribution in [0.15, 0.2) is 24.5 Å². The van der Waals surface area contributed by atoms with E-state index < -0.39 is 11.8 Å². The van der Waals surface area contributed by atoms with Crippen molar-refractivity contribution in [1.82, 2.24) is 15.8 Å². The van der Waals surface area contributed by atoms with Crippen LogP contribution in [0.3, 0.4) is 0 Å². The van der Waals surface area contributed by atoms with Gasteiger partial charge in [0.25, 0.3) is 0 Å². The second kappa shape index (κ2) is 13.2. The Balaban J connectivity index is 2.02. The monoisotopic (exact) mass is 407 g/mol. The maximum atomic E-state index is 12.7. The van der Waals surface area contributed by atoms with Gasteiger partial charge in [-0.25, -0.2) is 5.48 Å². The molecule has 1 heterocycles. The van der Waals surface area contributed by atoms with Crippen LogP contribution in [0.1, 0.15) is 51.0 Å². The number of carbonyl (C=O) groups excluding carboxylic acids is 2. The molecule has 0 aliphatic heterocycles. The molecule has 1 aromatic rings. The molecule has 2 unspecified atom stereocenters. The molecule has 1 saturated carbocycles. The zero-order valence-corrected chi connectivity index (χ0v) is 17.1. The normalized spacial score (nSPS) is 16.8. The number of carbonyl (C=O) groups is 2. The van der Waals surface area contributed by atoms with Gasteiger partial charge in [-0.05, 0) is 44.2 Å². The van der Waals surface area contributed by atoms with Gasteiger partial charge in [-0.1, -0.05) is 25.3 Å². The van der Waals surface area contributed by atoms with Crippen molar-refractivity contribution >= 4 is 11.8 Å². The summed E-state index contributed by atoms with van der Waals surface area (Å²) < 4.78 is 10.8. The molecule has 1 fully saturated rings. The van der Waals surface area contributed by atoms with E-state index in [0.717, 1.165) is 31.2 Å². The highest BCUT2D eigenvalue weighted by atomic mass is 16.7. The highest BCUT2D eigenvalue weighted by molar-refractivity contribution is 5.80. The molecule has 1 aliphatic rings. The van der Waals surface area contributed by atoms with E-state index in [1.54, 1.807) is 23.9 Å². The van der Waals surface area contributed by atoms with E-state index in [2.05, 4.69) is 10.3 Å². The summed E-state index contributed by atoms with van der Waals surface area (Å²) in [5, 5.41) is 12.2. The van der Waals surface area contributed by atoms with Crippen molar-refractivity contribution in [3.05, 3.63) is 30.1 Å². The molecule has 8 nitrogen and oxygen atoms in total. The van der Waals surface area contributed by atoms with Crippen LogP contribution in [0.5, 0.6) is 0 Å². The van der Waals surface area contributed by atoms with Gasteiger partial charge in [-0.2, -0.15) is 0 Å². The van der Waals surface area contributed by atoms with Crippen LogP contribution < -0.4 is 10.8 Å². The Bertz CT molecular complexity index is 608. The third-order valence-electron chi connectivity index (χ3n) is 5.27. The van der Waals surface area contributed by atoms with Gasteiger partial charge in [0.2, 0.25) is 11.8 Å². The van der Waals surface area contributed by atoms with Crippen LogP contribution in [0.2, 0.25) is 0 Å². The largest absolute Gasteiger partial charge is 0.356 e. The topological polar surface area (TPSA) is 110 Å². The first-order valence-corrected chi connectivity index (χ1v) is 10.4. The lowest BCUT2D eigenvalue weighted by Crippen LogP contribution is -2.45. The summed E-state index contributed by atoms with van der Waals surface area (Å²) in [5.41, 5.74) is 2.63. The lowest BCUT2D eigenvalue weighted by molar-refractivity contribution is -0.135. The molecule has 2 amide bonds. The molecular formula is C21H33N3O5. The lowest BCUT2D eigenvalue weighted by atomic mass is 9.88. The number of ether oxygens (including phenoxy) is 2. The predicted octanol–water partition coefficient (Wildman–Crippen LogP) is 2.21. The molecule has 162 valence electrons. The van der Waals surface area contributed by atoms with Gasteiger partial charge in [-0.3, -0.25) is 19.8 Å². The number of hydrogen-bond acceptors (Lipinski definition) is 6. The Morgan fingerprint density at radius 2 is 2.07 bits per heavy atom. The van der Waals surface area contributed by atoms with E-state index in [4.69, 9.17) is 9.47 Å². The van der Waals surface area contributed by atoms with E-state index in [0.29, 0.717) is 19.4 Å². The maximum absolute atomic E-state index is 12.7. The van der Waals surface area contributed by atoms with Gasteiger partial charge in [0.1, 0.15) is 6.79 Å². The SMILES string of the molecule is CCOCOCC(CC(Cc1cccnc1)C(=O)NO)NC(=O)C1CCCCC1. The van der Waals surface area contributed by atoms with E-state index in [-0.39, 0.29) is 31.3 Å². The van der Waals surface area contributed by atoms with Crippen LogP contribution >= 0.6 is 0 Å². The van der Waals surface area contributed by atoms with Crippen molar-refractivity contribution in [2.24, 2.45) is 11.8 Å². The van der Waals surface area contributed by atoms with Crippen molar-refractivity contribution in [2.75, 3.05) is 20.0 Å². The van der Waals surface area contributed by atoms with Crippen molar-refractivity contribution in [3.63, 3.8) is 0 Å². The van der Waals surface area contributed by atoms with Gasteiger partial charge >= 0.3 is 0 Å². The van der Waals surface area contributed by atoms with Crippen molar-refractivity contribution in [3.8, 4) is 0 Å². The first-order chi connectivity index (χ1) is 14.1. The second-order valence-corrected chi connectivity index (χ2v) is 7.50. The summed E-state index contributed by atoms with van der Waals surface area (Å²) in [5.74, 6) is -0.993. The molecule has 29 heavy (non-hydrogen) atoms. The fraction of sp³-hybridized carbons (Fsp3) is 0.667. The number of amides is 2. The Labute approximate surface area is 172 Å². The molecule has 0 saturated heterocycles. The smallest absolute Gasteiger partial charge is 0.246 e. The van der Waals surface area contributed by atoms with Crippen LogP contribution in [0.4, 0.5) is 0 Å². The van der Waals surface area contributed by atoms with Crippen LogP contribution in [0.25, 0.3) is 0 Å². The first kappa shape index (κ1) is 23.3. The molecule has 8 heteroatoms. The van der Waals surface area contributed by atoms with Crippen molar-refractivity contribution in [2.45, 2.75) is 57.9 Å². The molecule has 2 rings (SSSR count). The molecule has 0 spiro atoms. The Hall–Kier alpha value is -2.03. The minimum Gasteiger partial charge on any atom is -0.356 e. The number of aromatic nitrogens is 1. The average molecular weight is 408 g/mol. The highest BCUT2D eigenvalue weighted by Gasteiger charge is 2.28. The lowest BCUT2D eigenvalue weighted by Gasteiger charge is -2.27. The van der Waals surface area contributed by atoms with Gasteiger partial charge in [0, 0.05) is 30.8 Å². The number of hydrogen-bond donors (Lipinski definition) is 3. The summed E-state index contributed by atoms with van der Waals surface area (Å²) in [6, 6.07) is 3.33. The Morgan fingerprint density at radius 3 is 2.72 bits per heavy atom. The summed E-state index contributed by atoms with van der Waals surface area (Å²) in [6.45, 7) is 2.78. The predicted molar refractivity (Wildman–Crippen MR) is 107 cm³/mol. The van der Waals surface area contributed by atoms with Crippen LogP contribution in [-0.4, -0.2) is 48.1 Å². The molecular weight excluding hydrogens is 374 g/mol. The second-order valence-electron chi connectivity index (χ2n) is 7.50. The number of nitrogens with zero attached hydrogens (tertiary/aromatic N) is 1. The third kappa shape index (κ3) is 8.47. The Kier molecular flexibility index (Phi) is 10.6. The number of rotatable bonds is 12. The van der Waals surface area contributed by atoms with E-state index >= 15 is 0 Å². The van der Waals surface area contributed by atoms with Crippen molar-refractivity contribution < 1.29 is 24.3 Å². The van der Waals surface area contributed by atoms with Crippen LogP contribution in [-0.2, 0) is 25.5 Å². The van der Waals surface area contributed by atoms with E-state index in [9.17, 15) is 14.8 Å². The molecule has 0 aromatic carbocycles. The van der Waals surface area contributed by atoms with Crippen LogP contribution in [0, 0.1) is 11.8 Å². The van der Waals surface area contributed by atoms with Gasteiger partial charge in [0.15, 0.2) is 0 Å². The number of pyridine rings is 1. The van der Waals surface area contributed by atoms with E-state index in [1.807, 2.05) is 13.0 Å². The van der Waals surface area contributed by atoms with Gasteiger partial charge in [-0.15, -0.1) is 0 Å². The molecule has 3 N–H and O–H groups in total. The van der Waals surface area contributed by atoms with E-state index in [1.165, 1.54) is 6.42 Å².